The van der Waals surface area contributed by atoms with Gasteiger partial charge in [-0.15, -0.1) is 0 Å². The van der Waals surface area contributed by atoms with Crippen LogP contribution in [0.1, 0.15) is 20.3 Å². The molecule has 0 saturated heterocycles. The highest BCUT2D eigenvalue weighted by Gasteiger charge is 1.97. The van der Waals surface area contributed by atoms with E-state index in [0.717, 1.165) is 13.0 Å². The first-order valence-electron chi connectivity index (χ1n) is 4.52. The zero-order valence-corrected chi connectivity index (χ0v) is 8.91. The lowest BCUT2D eigenvalue weighted by molar-refractivity contribution is -0.134. The molecule has 0 spiro atoms. The van der Waals surface area contributed by atoms with Crippen LogP contribution in [0.2, 0.25) is 0 Å². The first-order valence-corrected chi connectivity index (χ1v) is 4.52. The highest BCUT2D eigenvalue weighted by molar-refractivity contribution is 5.81. The van der Waals surface area contributed by atoms with Gasteiger partial charge in [0.2, 0.25) is 0 Å². The Kier molecular flexibility index (Phi) is 6.02. The lowest BCUT2D eigenvalue weighted by Gasteiger charge is -2.14. The summed E-state index contributed by atoms with van der Waals surface area (Å²) in [7, 11) is 3.32. The molecule has 0 atom stereocenters. The van der Waals surface area contributed by atoms with Gasteiger partial charge in [0.1, 0.15) is 0 Å². The Morgan fingerprint density at radius 2 is 2.15 bits per heavy atom. The maximum absolute atomic E-state index is 10.7. The molecule has 0 N–H and O–H groups in total. The first kappa shape index (κ1) is 12.0. The highest BCUT2D eigenvalue weighted by Crippen LogP contribution is 2.00. The lowest BCUT2D eigenvalue weighted by Crippen LogP contribution is -2.14. The fraction of sp³-hybridized carbons (Fsp3) is 0.700. The molecule has 3 nitrogen and oxygen atoms in total. The van der Waals surface area contributed by atoms with E-state index < -0.39 is 0 Å². The molecule has 0 bridgehead atoms. The van der Waals surface area contributed by atoms with E-state index in [-0.39, 0.29) is 5.97 Å². The average Bonchev–Trinajstić information content (AvgIpc) is 2.10. The molecule has 3 heteroatoms. The fourth-order valence-corrected chi connectivity index (χ4v) is 0.793. The average molecular weight is 185 g/mol. The Hall–Kier alpha value is -0.990. The van der Waals surface area contributed by atoms with Crippen LogP contribution < -0.4 is 0 Å². The monoisotopic (exact) mass is 185 g/mol. The molecule has 0 rings (SSSR count). The first-order chi connectivity index (χ1) is 6.06. The second-order valence-electron chi connectivity index (χ2n) is 3.50. The number of rotatable bonds is 5. The Balaban J connectivity index is 3.67. The number of esters is 1. The van der Waals surface area contributed by atoms with Gasteiger partial charge in [0.15, 0.2) is 0 Å². The van der Waals surface area contributed by atoms with Crippen LogP contribution in [0.3, 0.4) is 0 Å². The van der Waals surface area contributed by atoms with E-state index >= 15 is 0 Å². The largest absolute Gasteiger partial charge is 0.466 e. The molecular weight excluding hydrogens is 166 g/mol. The van der Waals surface area contributed by atoms with Crippen molar-refractivity contribution < 1.29 is 9.53 Å². The van der Waals surface area contributed by atoms with Gasteiger partial charge in [-0.1, -0.05) is 13.8 Å². The SMILES string of the molecule is COC(=O)C=CN(C)CCC(C)C. The summed E-state index contributed by atoms with van der Waals surface area (Å²) < 4.78 is 4.47. The molecule has 0 aromatic rings. The van der Waals surface area contributed by atoms with Crippen molar-refractivity contribution in [2.45, 2.75) is 20.3 Å². The van der Waals surface area contributed by atoms with E-state index in [1.54, 1.807) is 6.20 Å². The Morgan fingerprint density at radius 1 is 1.54 bits per heavy atom. The molecular formula is C10H19NO2. The van der Waals surface area contributed by atoms with Crippen LogP contribution in [0, 0.1) is 5.92 Å². The molecule has 0 saturated carbocycles. The van der Waals surface area contributed by atoms with E-state index in [1.807, 2.05) is 11.9 Å². The van der Waals surface area contributed by atoms with Gasteiger partial charge >= 0.3 is 5.97 Å². The van der Waals surface area contributed by atoms with Gasteiger partial charge in [0.25, 0.3) is 0 Å². The number of ether oxygens (including phenoxy) is 1. The number of carbonyl (C=O) groups is 1. The van der Waals surface area contributed by atoms with Crippen molar-refractivity contribution in [2.75, 3.05) is 20.7 Å². The van der Waals surface area contributed by atoms with Crippen LogP contribution in [-0.4, -0.2) is 31.6 Å². The minimum absolute atomic E-state index is 0.309. The Bertz CT molecular complexity index is 176. The summed E-state index contributed by atoms with van der Waals surface area (Å²) in [6.07, 6.45) is 4.30. The van der Waals surface area contributed by atoms with Crippen molar-refractivity contribution in [3.63, 3.8) is 0 Å². The minimum atomic E-state index is -0.309. The summed E-state index contributed by atoms with van der Waals surface area (Å²) in [5.74, 6) is 0.380. The molecule has 76 valence electrons. The summed E-state index contributed by atoms with van der Waals surface area (Å²) in [6, 6.07) is 0. The Labute approximate surface area is 80.4 Å². The molecule has 0 aromatic heterocycles. The number of methoxy groups -OCH3 is 1. The van der Waals surface area contributed by atoms with Crippen LogP contribution in [0.15, 0.2) is 12.3 Å². The number of hydrogen-bond donors (Lipinski definition) is 0. The van der Waals surface area contributed by atoms with Gasteiger partial charge in [-0.2, -0.15) is 0 Å². The Morgan fingerprint density at radius 3 is 2.62 bits per heavy atom. The predicted molar refractivity (Wildman–Crippen MR) is 53.2 cm³/mol. The second kappa shape index (κ2) is 6.52. The van der Waals surface area contributed by atoms with Gasteiger partial charge in [-0.3, -0.25) is 0 Å². The number of nitrogens with zero attached hydrogens (tertiary/aromatic N) is 1. The van der Waals surface area contributed by atoms with Gasteiger partial charge in [-0.05, 0) is 12.3 Å². The molecule has 0 heterocycles. The molecule has 0 fully saturated rings. The third-order valence-corrected chi connectivity index (χ3v) is 1.73. The summed E-state index contributed by atoms with van der Waals surface area (Å²) in [4.78, 5) is 12.7. The lowest BCUT2D eigenvalue weighted by atomic mass is 10.1. The molecule has 0 radical (unpaired) electrons. The second-order valence-corrected chi connectivity index (χ2v) is 3.50. The molecule has 13 heavy (non-hydrogen) atoms. The topological polar surface area (TPSA) is 29.5 Å². The normalized spacial score (nSPS) is 10.8. The van der Waals surface area contributed by atoms with Gasteiger partial charge in [-0.25, -0.2) is 4.79 Å². The van der Waals surface area contributed by atoms with Crippen molar-refractivity contribution in [1.82, 2.24) is 4.90 Å². The summed E-state index contributed by atoms with van der Waals surface area (Å²) in [6.45, 7) is 5.32. The summed E-state index contributed by atoms with van der Waals surface area (Å²) in [5.41, 5.74) is 0. The fourth-order valence-electron chi connectivity index (χ4n) is 0.793. The van der Waals surface area contributed by atoms with Crippen molar-refractivity contribution >= 4 is 5.97 Å². The van der Waals surface area contributed by atoms with Crippen LogP contribution in [-0.2, 0) is 9.53 Å². The maximum Gasteiger partial charge on any atom is 0.331 e. The van der Waals surface area contributed by atoms with Gasteiger partial charge in [0, 0.05) is 25.9 Å². The summed E-state index contributed by atoms with van der Waals surface area (Å²) >= 11 is 0. The zero-order chi connectivity index (χ0) is 10.3. The van der Waals surface area contributed by atoms with E-state index in [9.17, 15) is 4.79 Å². The van der Waals surface area contributed by atoms with Crippen molar-refractivity contribution in [2.24, 2.45) is 5.92 Å². The molecule has 0 unspecified atom stereocenters. The summed E-state index contributed by atoms with van der Waals surface area (Å²) in [5, 5.41) is 0. The maximum atomic E-state index is 10.7. The smallest absolute Gasteiger partial charge is 0.331 e. The van der Waals surface area contributed by atoms with E-state index in [0.29, 0.717) is 5.92 Å². The van der Waals surface area contributed by atoms with Crippen LogP contribution in [0.5, 0.6) is 0 Å². The van der Waals surface area contributed by atoms with Crippen LogP contribution in [0.25, 0.3) is 0 Å². The van der Waals surface area contributed by atoms with Crippen molar-refractivity contribution in [3.05, 3.63) is 12.3 Å². The van der Waals surface area contributed by atoms with E-state index in [4.69, 9.17) is 0 Å². The van der Waals surface area contributed by atoms with Crippen LogP contribution >= 0.6 is 0 Å². The zero-order valence-electron chi connectivity index (χ0n) is 8.91. The van der Waals surface area contributed by atoms with Crippen molar-refractivity contribution in [3.8, 4) is 0 Å². The highest BCUT2D eigenvalue weighted by atomic mass is 16.5. The number of carbonyl (C=O) groups excluding carboxylic acids is 1. The third kappa shape index (κ3) is 7.37. The van der Waals surface area contributed by atoms with Gasteiger partial charge in [0.05, 0.1) is 7.11 Å². The molecule has 0 aliphatic heterocycles. The molecule has 0 amide bonds. The standard InChI is InChI=1S/C10H19NO2/c1-9(2)5-7-11(3)8-6-10(12)13-4/h6,8-9H,5,7H2,1-4H3. The molecule has 0 aliphatic rings. The predicted octanol–water partition coefficient (Wildman–Crippen LogP) is 1.65. The van der Waals surface area contributed by atoms with E-state index in [1.165, 1.54) is 13.2 Å². The van der Waals surface area contributed by atoms with Crippen molar-refractivity contribution in [1.29, 1.82) is 0 Å². The minimum Gasteiger partial charge on any atom is -0.466 e. The van der Waals surface area contributed by atoms with E-state index in [2.05, 4.69) is 18.6 Å². The molecule has 0 aliphatic carbocycles. The third-order valence-electron chi connectivity index (χ3n) is 1.73. The molecule has 0 aromatic carbocycles. The van der Waals surface area contributed by atoms with Gasteiger partial charge < -0.3 is 9.64 Å². The number of hydrogen-bond acceptors (Lipinski definition) is 3. The van der Waals surface area contributed by atoms with Crippen LogP contribution in [0.4, 0.5) is 0 Å². The quantitative estimate of drug-likeness (QED) is 0.482.